The third-order valence-electron chi connectivity index (χ3n) is 5.38. The lowest BCUT2D eigenvalue weighted by molar-refractivity contribution is 0.0783. The van der Waals surface area contributed by atoms with E-state index >= 15 is 0 Å². The Morgan fingerprint density at radius 3 is 2.19 bits per heavy atom. The maximum absolute atomic E-state index is 13.3. The van der Waals surface area contributed by atoms with Crippen molar-refractivity contribution in [3.8, 4) is 0 Å². The summed E-state index contributed by atoms with van der Waals surface area (Å²) in [5, 5.41) is -1.33. The largest absolute Gasteiger partial charge is 0.337 e. The number of hydrogen-bond donors (Lipinski definition) is 0. The van der Waals surface area contributed by atoms with E-state index in [1.807, 2.05) is 30.3 Å². The fraction of sp³-hybridized carbons (Fsp3) is 0.174. The molecule has 0 saturated carbocycles. The Morgan fingerprint density at radius 1 is 0.935 bits per heavy atom. The van der Waals surface area contributed by atoms with Gasteiger partial charge in [0.1, 0.15) is 5.25 Å². The van der Waals surface area contributed by atoms with Crippen LogP contribution in [0.5, 0.6) is 0 Å². The second-order valence-electron chi connectivity index (χ2n) is 7.49. The summed E-state index contributed by atoms with van der Waals surface area (Å²) < 4.78 is 52.2. The summed E-state index contributed by atoms with van der Waals surface area (Å²) in [6.07, 6.45) is 0. The highest BCUT2D eigenvalue weighted by atomic mass is 32.2. The van der Waals surface area contributed by atoms with E-state index in [0.717, 1.165) is 5.56 Å². The number of nitrogens with zero attached hydrogens (tertiary/aromatic N) is 1. The summed E-state index contributed by atoms with van der Waals surface area (Å²) in [5.41, 5.74) is 1.07. The van der Waals surface area contributed by atoms with Crippen LogP contribution in [-0.2, 0) is 26.2 Å². The summed E-state index contributed by atoms with van der Waals surface area (Å²) in [6.45, 7) is 0.312. The molecule has 3 aromatic rings. The Balaban J connectivity index is 1.79. The number of rotatable bonds is 5. The van der Waals surface area contributed by atoms with Gasteiger partial charge in [0, 0.05) is 24.7 Å². The standard InChI is InChI=1S/C23H21NO5S2/c1-24(15-17-9-4-2-5-10-17)23(25)19-13-8-14-20-22(19)21(16-30(20,26)27)31(28,29)18-11-6-3-7-12-18/h2-14,21H,15-16H2,1H3. The molecule has 1 heterocycles. The van der Waals surface area contributed by atoms with Gasteiger partial charge in [0.2, 0.25) is 0 Å². The van der Waals surface area contributed by atoms with Crippen molar-refractivity contribution in [3.05, 3.63) is 95.6 Å². The highest BCUT2D eigenvalue weighted by Gasteiger charge is 2.45. The molecule has 4 rings (SSSR count). The van der Waals surface area contributed by atoms with Gasteiger partial charge in [0.15, 0.2) is 19.7 Å². The van der Waals surface area contributed by atoms with Crippen LogP contribution < -0.4 is 0 Å². The van der Waals surface area contributed by atoms with Crippen molar-refractivity contribution < 1.29 is 21.6 Å². The molecule has 3 aromatic carbocycles. The molecule has 1 atom stereocenters. The zero-order valence-electron chi connectivity index (χ0n) is 16.8. The van der Waals surface area contributed by atoms with Crippen LogP contribution in [0.2, 0.25) is 0 Å². The van der Waals surface area contributed by atoms with Gasteiger partial charge in [-0.1, -0.05) is 54.6 Å². The lowest BCUT2D eigenvalue weighted by Crippen LogP contribution is -2.28. The molecular weight excluding hydrogens is 434 g/mol. The minimum atomic E-state index is -4.01. The molecule has 0 fully saturated rings. The molecule has 31 heavy (non-hydrogen) atoms. The number of carbonyl (C=O) groups is 1. The normalized spacial score (nSPS) is 17.1. The summed E-state index contributed by atoms with van der Waals surface area (Å²) in [6, 6.07) is 21.4. The van der Waals surface area contributed by atoms with Crippen molar-refractivity contribution in [3.63, 3.8) is 0 Å². The minimum absolute atomic E-state index is 0.0305. The number of amides is 1. The SMILES string of the molecule is CN(Cc1ccccc1)C(=O)c1cccc2c1C(S(=O)(=O)c1ccccc1)CS2(=O)=O. The average molecular weight is 456 g/mol. The quantitative estimate of drug-likeness (QED) is 0.589. The second-order valence-corrected chi connectivity index (χ2v) is 11.6. The smallest absolute Gasteiger partial charge is 0.254 e. The molecule has 1 amide bonds. The van der Waals surface area contributed by atoms with Gasteiger partial charge in [-0.05, 0) is 29.8 Å². The van der Waals surface area contributed by atoms with Crippen LogP contribution in [-0.4, -0.2) is 40.4 Å². The number of hydrogen-bond acceptors (Lipinski definition) is 5. The highest BCUT2D eigenvalue weighted by Crippen LogP contribution is 2.43. The summed E-state index contributed by atoms with van der Waals surface area (Å²) in [7, 11) is -6.24. The fourth-order valence-electron chi connectivity index (χ4n) is 3.86. The lowest BCUT2D eigenvalue weighted by Gasteiger charge is -2.21. The Bertz CT molecular complexity index is 1340. The van der Waals surface area contributed by atoms with Gasteiger partial charge in [-0.15, -0.1) is 0 Å². The molecule has 1 unspecified atom stereocenters. The van der Waals surface area contributed by atoms with Gasteiger partial charge in [-0.25, -0.2) is 16.8 Å². The topological polar surface area (TPSA) is 88.6 Å². The zero-order valence-corrected chi connectivity index (χ0v) is 18.4. The van der Waals surface area contributed by atoms with E-state index in [0.29, 0.717) is 6.54 Å². The number of sulfone groups is 2. The van der Waals surface area contributed by atoms with E-state index in [1.54, 1.807) is 25.2 Å². The molecule has 8 heteroatoms. The maximum atomic E-state index is 13.3. The van der Waals surface area contributed by atoms with Crippen LogP contribution in [0.25, 0.3) is 0 Å². The first-order chi connectivity index (χ1) is 14.7. The molecule has 0 spiro atoms. The van der Waals surface area contributed by atoms with Crippen molar-refractivity contribution in [1.82, 2.24) is 4.90 Å². The molecule has 0 aromatic heterocycles. The van der Waals surface area contributed by atoms with Crippen LogP contribution in [0.1, 0.15) is 26.7 Å². The summed E-state index contributed by atoms with van der Waals surface area (Å²) in [4.78, 5) is 14.7. The van der Waals surface area contributed by atoms with E-state index in [9.17, 15) is 21.6 Å². The summed E-state index contributed by atoms with van der Waals surface area (Å²) in [5.74, 6) is -1.00. The first-order valence-electron chi connectivity index (χ1n) is 9.66. The molecular formula is C23H21NO5S2. The third kappa shape index (κ3) is 3.88. The Hall–Kier alpha value is -2.97. The van der Waals surface area contributed by atoms with Crippen LogP contribution in [0, 0.1) is 0 Å². The van der Waals surface area contributed by atoms with Gasteiger partial charge in [0.05, 0.1) is 15.5 Å². The van der Waals surface area contributed by atoms with Crippen molar-refractivity contribution in [2.24, 2.45) is 0 Å². The molecule has 6 nitrogen and oxygen atoms in total. The second kappa shape index (κ2) is 7.94. The van der Waals surface area contributed by atoms with Crippen LogP contribution in [0.3, 0.4) is 0 Å². The number of fused-ring (bicyclic) bond motifs is 1. The van der Waals surface area contributed by atoms with Crippen molar-refractivity contribution >= 4 is 25.6 Å². The molecule has 0 saturated heterocycles. The maximum Gasteiger partial charge on any atom is 0.254 e. The molecule has 0 N–H and O–H groups in total. The predicted molar refractivity (Wildman–Crippen MR) is 117 cm³/mol. The van der Waals surface area contributed by atoms with Crippen LogP contribution in [0.4, 0.5) is 0 Å². The molecule has 1 aliphatic heterocycles. The van der Waals surface area contributed by atoms with E-state index < -0.39 is 36.6 Å². The average Bonchev–Trinajstić information content (AvgIpc) is 3.06. The van der Waals surface area contributed by atoms with Crippen LogP contribution >= 0.6 is 0 Å². The highest BCUT2D eigenvalue weighted by molar-refractivity contribution is 7.96. The molecule has 0 aliphatic carbocycles. The fourth-order valence-corrected chi connectivity index (χ4v) is 8.24. The van der Waals surface area contributed by atoms with Crippen LogP contribution in [0.15, 0.2) is 88.7 Å². The van der Waals surface area contributed by atoms with Gasteiger partial charge < -0.3 is 4.90 Å². The Morgan fingerprint density at radius 2 is 1.55 bits per heavy atom. The predicted octanol–water partition coefficient (Wildman–Crippen LogP) is 3.26. The monoisotopic (exact) mass is 455 g/mol. The van der Waals surface area contributed by atoms with Gasteiger partial charge in [0.25, 0.3) is 5.91 Å². The number of carbonyl (C=O) groups excluding carboxylic acids is 1. The van der Waals surface area contributed by atoms with E-state index in [1.165, 1.54) is 35.2 Å². The van der Waals surface area contributed by atoms with E-state index in [-0.39, 0.29) is 20.9 Å². The molecule has 0 bridgehead atoms. The molecule has 160 valence electrons. The van der Waals surface area contributed by atoms with Gasteiger partial charge in [-0.2, -0.15) is 0 Å². The molecule has 0 radical (unpaired) electrons. The van der Waals surface area contributed by atoms with Crippen molar-refractivity contribution in [2.75, 3.05) is 12.8 Å². The van der Waals surface area contributed by atoms with Crippen molar-refractivity contribution in [1.29, 1.82) is 0 Å². The molecule has 1 aliphatic rings. The first-order valence-corrected chi connectivity index (χ1v) is 12.9. The first kappa shape index (κ1) is 21.3. The zero-order chi connectivity index (χ0) is 22.2. The number of benzene rings is 3. The minimum Gasteiger partial charge on any atom is -0.337 e. The van der Waals surface area contributed by atoms with E-state index in [4.69, 9.17) is 0 Å². The third-order valence-corrected chi connectivity index (χ3v) is 9.47. The van der Waals surface area contributed by atoms with E-state index in [2.05, 4.69) is 0 Å². The Kier molecular flexibility index (Phi) is 5.45. The van der Waals surface area contributed by atoms with Gasteiger partial charge >= 0.3 is 0 Å². The Labute approximate surface area is 182 Å². The van der Waals surface area contributed by atoms with Crippen molar-refractivity contribution in [2.45, 2.75) is 21.6 Å². The van der Waals surface area contributed by atoms with Gasteiger partial charge in [-0.3, -0.25) is 4.79 Å². The lowest BCUT2D eigenvalue weighted by atomic mass is 10.0. The summed E-state index contributed by atoms with van der Waals surface area (Å²) >= 11 is 0.